The summed E-state index contributed by atoms with van der Waals surface area (Å²) in [6.45, 7) is 0. The molecule has 0 atom stereocenters. The maximum absolute atomic E-state index is 5.74. The second-order valence-corrected chi connectivity index (χ2v) is 2.61. The standard InChI is InChI=1S/C8H9N5O/c1-14-6-4-7(9)8(10-5-6)13-11-2-3-12-13/h2-5H,9H2,1H3. The Morgan fingerprint density at radius 2 is 2.07 bits per heavy atom. The van der Waals surface area contributed by atoms with Gasteiger partial charge in [0.05, 0.1) is 31.4 Å². The molecule has 2 aromatic rings. The first-order valence-electron chi connectivity index (χ1n) is 3.97. The zero-order chi connectivity index (χ0) is 9.97. The highest BCUT2D eigenvalue weighted by molar-refractivity contribution is 5.54. The third-order valence-corrected chi connectivity index (χ3v) is 1.71. The Kier molecular flexibility index (Phi) is 2.02. The Labute approximate surface area is 80.3 Å². The third kappa shape index (κ3) is 1.37. The van der Waals surface area contributed by atoms with Crippen molar-refractivity contribution in [2.75, 3.05) is 12.8 Å². The number of hydrogen-bond acceptors (Lipinski definition) is 5. The average Bonchev–Trinajstić information content (AvgIpc) is 2.70. The third-order valence-electron chi connectivity index (χ3n) is 1.71. The van der Waals surface area contributed by atoms with Crippen LogP contribution in [0, 0.1) is 0 Å². The minimum atomic E-state index is 0.473. The molecule has 0 aromatic carbocycles. The smallest absolute Gasteiger partial charge is 0.197 e. The zero-order valence-corrected chi connectivity index (χ0v) is 7.58. The maximum atomic E-state index is 5.74. The average molecular weight is 191 g/mol. The van der Waals surface area contributed by atoms with Crippen LogP contribution < -0.4 is 10.5 Å². The molecule has 2 N–H and O–H groups in total. The molecule has 0 radical (unpaired) electrons. The molecule has 2 aromatic heterocycles. The van der Waals surface area contributed by atoms with Crippen LogP contribution in [0.5, 0.6) is 5.75 Å². The van der Waals surface area contributed by atoms with Crippen LogP contribution >= 0.6 is 0 Å². The van der Waals surface area contributed by atoms with Gasteiger partial charge >= 0.3 is 0 Å². The molecule has 0 spiro atoms. The van der Waals surface area contributed by atoms with Gasteiger partial charge in [0.2, 0.25) is 0 Å². The predicted molar refractivity (Wildman–Crippen MR) is 50.1 cm³/mol. The van der Waals surface area contributed by atoms with Crippen molar-refractivity contribution in [2.45, 2.75) is 0 Å². The van der Waals surface area contributed by atoms with E-state index in [1.807, 2.05) is 0 Å². The van der Waals surface area contributed by atoms with Crippen molar-refractivity contribution in [3.05, 3.63) is 24.7 Å². The highest BCUT2D eigenvalue weighted by Gasteiger charge is 2.05. The van der Waals surface area contributed by atoms with E-state index < -0.39 is 0 Å². The highest BCUT2D eigenvalue weighted by atomic mass is 16.5. The highest BCUT2D eigenvalue weighted by Crippen LogP contribution is 2.18. The van der Waals surface area contributed by atoms with Crippen molar-refractivity contribution in [2.24, 2.45) is 0 Å². The minimum absolute atomic E-state index is 0.473. The van der Waals surface area contributed by atoms with Crippen LogP contribution in [-0.4, -0.2) is 27.1 Å². The lowest BCUT2D eigenvalue weighted by atomic mass is 10.4. The number of pyridine rings is 1. The monoisotopic (exact) mass is 191 g/mol. The number of nitrogen functional groups attached to an aromatic ring is 1. The van der Waals surface area contributed by atoms with Crippen molar-refractivity contribution in [1.29, 1.82) is 0 Å². The van der Waals surface area contributed by atoms with Crippen molar-refractivity contribution in [3.8, 4) is 11.6 Å². The lowest BCUT2D eigenvalue weighted by Crippen LogP contribution is -2.05. The summed E-state index contributed by atoms with van der Waals surface area (Å²) in [7, 11) is 1.56. The number of nitrogens with zero attached hydrogens (tertiary/aromatic N) is 4. The van der Waals surface area contributed by atoms with E-state index in [1.165, 1.54) is 4.80 Å². The molecule has 0 saturated carbocycles. The van der Waals surface area contributed by atoms with E-state index in [-0.39, 0.29) is 0 Å². The quantitative estimate of drug-likeness (QED) is 0.736. The minimum Gasteiger partial charge on any atom is -0.495 e. The van der Waals surface area contributed by atoms with Crippen LogP contribution in [0.4, 0.5) is 5.69 Å². The van der Waals surface area contributed by atoms with Gasteiger partial charge in [-0.2, -0.15) is 10.2 Å². The molecule has 0 fully saturated rings. The molecule has 6 nitrogen and oxygen atoms in total. The first kappa shape index (κ1) is 8.49. The normalized spacial score (nSPS) is 10.1. The van der Waals surface area contributed by atoms with E-state index >= 15 is 0 Å². The topological polar surface area (TPSA) is 78.8 Å². The number of aromatic nitrogens is 4. The lowest BCUT2D eigenvalue weighted by molar-refractivity contribution is 0.413. The number of methoxy groups -OCH3 is 1. The summed E-state index contributed by atoms with van der Waals surface area (Å²) in [6, 6.07) is 1.67. The van der Waals surface area contributed by atoms with Crippen LogP contribution in [-0.2, 0) is 0 Å². The first-order chi connectivity index (χ1) is 6.81. The summed E-state index contributed by atoms with van der Waals surface area (Å²) in [4.78, 5) is 5.44. The lowest BCUT2D eigenvalue weighted by Gasteiger charge is -2.04. The molecule has 0 saturated heterocycles. The SMILES string of the molecule is COc1cnc(-n2nccn2)c(N)c1. The molecule has 0 aliphatic heterocycles. The van der Waals surface area contributed by atoms with E-state index in [0.717, 1.165) is 0 Å². The summed E-state index contributed by atoms with van der Waals surface area (Å²) in [5.74, 6) is 1.11. The molecule has 0 unspecified atom stereocenters. The van der Waals surface area contributed by atoms with Crippen molar-refractivity contribution < 1.29 is 4.74 Å². The molecule has 14 heavy (non-hydrogen) atoms. The fourth-order valence-electron chi connectivity index (χ4n) is 1.06. The largest absolute Gasteiger partial charge is 0.495 e. The van der Waals surface area contributed by atoms with Gasteiger partial charge in [-0.05, 0) is 0 Å². The molecular weight excluding hydrogens is 182 g/mol. The molecule has 0 bridgehead atoms. The molecule has 6 heteroatoms. The van der Waals surface area contributed by atoms with Gasteiger partial charge in [0.1, 0.15) is 5.75 Å². The second kappa shape index (κ2) is 3.33. The van der Waals surface area contributed by atoms with Gasteiger partial charge < -0.3 is 10.5 Å². The van der Waals surface area contributed by atoms with Crippen molar-refractivity contribution >= 4 is 5.69 Å². The van der Waals surface area contributed by atoms with E-state index in [1.54, 1.807) is 31.8 Å². The second-order valence-electron chi connectivity index (χ2n) is 2.61. The number of anilines is 1. The van der Waals surface area contributed by atoms with Gasteiger partial charge in [0, 0.05) is 6.07 Å². The van der Waals surface area contributed by atoms with Gasteiger partial charge in [0.25, 0.3) is 0 Å². The molecule has 0 amide bonds. The number of ether oxygens (including phenoxy) is 1. The Balaban J connectivity index is 2.46. The summed E-state index contributed by atoms with van der Waals surface area (Å²) >= 11 is 0. The molecule has 0 aliphatic carbocycles. The molecule has 0 aliphatic rings. The summed E-state index contributed by atoms with van der Waals surface area (Å²) in [6.07, 6.45) is 4.69. The summed E-state index contributed by atoms with van der Waals surface area (Å²) in [5.41, 5.74) is 6.22. The molecular formula is C8H9N5O. The fraction of sp³-hybridized carbons (Fsp3) is 0.125. The predicted octanol–water partition coefficient (Wildman–Crippen LogP) is 0.253. The van der Waals surface area contributed by atoms with E-state index in [2.05, 4.69) is 15.2 Å². The van der Waals surface area contributed by atoms with Crippen molar-refractivity contribution in [1.82, 2.24) is 20.0 Å². The number of nitrogens with two attached hydrogens (primary N) is 1. The first-order valence-corrected chi connectivity index (χ1v) is 3.97. The Bertz CT molecular complexity index is 425. The van der Waals surface area contributed by atoms with Crippen LogP contribution in [0.3, 0.4) is 0 Å². The van der Waals surface area contributed by atoms with E-state index in [0.29, 0.717) is 17.3 Å². The molecule has 72 valence electrons. The van der Waals surface area contributed by atoms with Crippen LogP contribution in [0.25, 0.3) is 5.82 Å². The van der Waals surface area contributed by atoms with Crippen LogP contribution in [0.1, 0.15) is 0 Å². The molecule has 2 rings (SSSR count). The molecule has 2 heterocycles. The number of hydrogen-bond donors (Lipinski definition) is 1. The Hall–Kier alpha value is -2.11. The van der Waals surface area contributed by atoms with Gasteiger partial charge in [-0.15, -0.1) is 4.80 Å². The van der Waals surface area contributed by atoms with Crippen LogP contribution in [0.15, 0.2) is 24.7 Å². The van der Waals surface area contributed by atoms with Gasteiger partial charge in [-0.25, -0.2) is 4.98 Å². The zero-order valence-electron chi connectivity index (χ0n) is 7.58. The number of rotatable bonds is 2. The van der Waals surface area contributed by atoms with Crippen LogP contribution in [0.2, 0.25) is 0 Å². The summed E-state index contributed by atoms with van der Waals surface area (Å²) < 4.78 is 4.97. The van der Waals surface area contributed by atoms with Gasteiger partial charge in [0.15, 0.2) is 5.82 Å². The fourth-order valence-corrected chi connectivity index (χ4v) is 1.06. The van der Waals surface area contributed by atoms with Gasteiger partial charge in [-0.3, -0.25) is 0 Å². The van der Waals surface area contributed by atoms with E-state index in [9.17, 15) is 0 Å². The van der Waals surface area contributed by atoms with E-state index in [4.69, 9.17) is 10.5 Å². The Morgan fingerprint density at radius 3 is 2.64 bits per heavy atom. The van der Waals surface area contributed by atoms with Gasteiger partial charge in [-0.1, -0.05) is 0 Å². The Morgan fingerprint density at radius 1 is 1.36 bits per heavy atom. The summed E-state index contributed by atoms with van der Waals surface area (Å²) in [5, 5.41) is 7.85. The maximum Gasteiger partial charge on any atom is 0.197 e. The van der Waals surface area contributed by atoms with Crippen molar-refractivity contribution in [3.63, 3.8) is 0 Å².